The van der Waals surface area contributed by atoms with E-state index in [4.69, 9.17) is 10.5 Å². The summed E-state index contributed by atoms with van der Waals surface area (Å²) in [6.45, 7) is 0.177. The Morgan fingerprint density at radius 3 is 2.88 bits per heavy atom. The van der Waals surface area contributed by atoms with Gasteiger partial charge in [0.05, 0.1) is 12.0 Å². The molecule has 8 nitrogen and oxygen atoms in total. The maximum absolute atomic E-state index is 10.7. The van der Waals surface area contributed by atoms with E-state index in [2.05, 4.69) is 10.3 Å². The first-order chi connectivity index (χ1) is 8.04. The summed E-state index contributed by atoms with van der Waals surface area (Å²) in [6.07, 6.45) is 0.0655. The van der Waals surface area contributed by atoms with E-state index in [0.717, 1.165) is 0 Å². The van der Waals surface area contributed by atoms with Crippen LogP contribution >= 0.6 is 0 Å². The summed E-state index contributed by atoms with van der Waals surface area (Å²) in [4.78, 5) is 24.6. The number of rotatable bonds is 6. The molecule has 1 heterocycles. The lowest BCUT2D eigenvalue weighted by molar-refractivity contribution is -0.384. The number of nitrogens with two attached hydrogens (primary N) is 1. The van der Waals surface area contributed by atoms with Gasteiger partial charge in [0, 0.05) is 25.1 Å². The standard InChI is InChI=1S/C9H12N4O4/c1-17-8-3-2-6(13(15)16)9(12-8)11-5-4-7(10)14/h2-3H,4-5H2,1H3,(H2,10,14)(H,11,12). The first-order valence-electron chi connectivity index (χ1n) is 4.76. The fourth-order valence-electron chi connectivity index (χ4n) is 1.13. The number of aromatic nitrogens is 1. The van der Waals surface area contributed by atoms with Crippen LogP contribution in [0.4, 0.5) is 11.5 Å². The smallest absolute Gasteiger partial charge is 0.311 e. The van der Waals surface area contributed by atoms with Crippen LogP contribution in [0.1, 0.15) is 6.42 Å². The lowest BCUT2D eigenvalue weighted by Crippen LogP contribution is -2.16. The highest BCUT2D eigenvalue weighted by molar-refractivity contribution is 5.74. The number of primary amides is 1. The minimum absolute atomic E-state index is 0.0515. The number of carbonyl (C=O) groups excluding carboxylic acids is 1. The number of nitrogens with zero attached hydrogens (tertiary/aromatic N) is 2. The molecule has 0 saturated carbocycles. The second-order valence-electron chi connectivity index (χ2n) is 3.12. The minimum atomic E-state index is -0.570. The Morgan fingerprint density at radius 2 is 2.35 bits per heavy atom. The molecule has 1 aromatic rings. The third-order valence-corrected chi connectivity index (χ3v) is 1.92. The molecule has 0 unspecified atom stereocenters. The third-order valence-electron chi connectivity index (χ3n) is 1.92. The van der Waals surface area contributed by atoms with Crippen molar-refractivity contribution in [3.63, 3.8) is 0 Å². The summed E-state index contributed by atoms with van der Waals surface area (Å²) < 4.78 is 4.85. The number of methoxy groups -OCH3 is 1. The highest BCUT2D eigenvalue weighted by Gasteiger charge is 2.15. The van der Waals surface area contributed by atoms with Gasteiger partial charge >= 0.3 is 5.69 Å². The summed E-state index contributed by atoms with van der Waals surface area (Å²) in [5.41, 5.74) is 4.77. The first-order valence-corrected chi connectivity index (χ1v) is 4.76. The molecule has 0 aromatic carbocycles. The lowest BCUT2D eigenvalue weighted by atomic mass is 10.3. The van der Waals surface area contributed by atoms with Crippen molar-refractivity contribution in [2.24, 2.45) is 5.73 Å². The van der Waals surface area contributed by atoms with Gasteiger partial charge in [0.1, 0.15) is 0 Å². The summed E-state index contributed by atoms with van der Waals surface area (Å²) in [5.74, 6) is -0.198. The van der Waals surface area contributed by atoms with Gasteiger partial charge in [0.25, 0.3) is 0 Å². The predicted octanol–water partition coefficient (Wildman–Crippen LogP) is 0.286. The largest absolute Gasteiger partial charge is 0.481 e. The Kier molecular flexibility index (Phi) is 4.21. The van der Waals surface area contributed by atoms with Crippen LogP contribution in [0.25, 0.3) is 0 Å². The Morgan fingerprint density at radius 1 is 1.65 bits per heavy atom. The summed E-state index contributed by atoms with van der Waals surface area (Å²) in [5, 5.41) is 13.4. The van der Waals surface area contributed by atoms with E-state index in [1.165, 1.54) is 19.2 Å². The minimum Gasteiger partial charge on any atom is -0.481 e. The number of ether oxygens (including phenoxy) is 1. The molecule has 8 heteroatoms. The van der Waals surface area contributed by atoms with Crippen LogP contribution < -0.4 is 15.8 Å². The van der Waals surface area contributed by atoms with Gasteiger partial charge in [-0.1, -0.05) is 0 Å². The molecule has 92 valence electrons. The van der Waals surface area contributed by atoms with Crippen molar-refractivity contribution in [3.8, 4) is 5.88 Å². The first kappa shape index (κ1) is 12.7. The number of hydrogen-bond donors (Lipinski definition) is 2. The molecule has 0 fully saturated rings. The summed E-state index contributed by atoms with van der Waals surface area (Å²) in [7, 11) is 1.40. The number of hydrogen-bond acceptors (Lipinski definition) is 6. The van der Waals surface area contributed by atoms with Crippen LogP contribution in [-0.2, 0) is 4.79 Å². The average molecular weight is 240 g/mol. The Bertz CT molecular complexity index is 435. The molecule has 17 heavy (non-hydrogen) atoms. The molecule has 1 amide bonds. The van der Waals surface area contributed by atoms with E-state index in [1.54, 1.807) is 0 Å². The van der Waals surface area contributed by atoms with Crippen LogP contribution in [0.3, 0.4) is 0 Å². The molecular formula is C9H12N4O4. The van der Waals surface area contributed by atoms with Crippen LogP contribution in [0, 0.1) is 10.1 Å². The van der Waals surface area contributed by atoms with Gasteiger partial charge in [0.2, 0.25) is 17.6 Å². The topological polar surface area (TPSA) is 120 Å². The zero-order valence-corrected chi connectivity index (χ0v) is 9.17. The highest BCUT2D eigenvalue weighted by atomic mass is 16.6. The normalized spacial score (nSPS) is 9.71. The molecule has 0 aliphatic heterocycles. The van der Waals surface area contributed by atoms with Crippen molar-refractivity contribution < 1.29 is 14.5 Å². The fourth-order valence-corrected chi connectivity index (χ4v) is 1.13. The van der Waals surface area contributed by atoms with Crippen molar-refractivity contribution >= 4 is 17.4 Å². The van der Waals surface area contributed by atoms with Gasteiger partial charge < -0.3 is 15.8 Å². The quantitative estimate of drug-likeness (QED) is 0.544. The Hall–Kier alpha value is -2.38. The molecule has 0 saturated heterocycles. The molecule has 0 spiro atoms. The molecular weight excluding hydrogens is 228 g/mol. The van der Waals surface area contributed by atoms with Gasteiger partial charge in [-0.05, 0) is 0 Å². The number of amides is 1. The van der Waals surface area contributed by atoms with Crippen LogP contribution in [-0.4, -0.2) is 29.5 Å². The Labute approximate surface area is 96.9 Å². The molecule has 3 N–H and O–H groups in total. The monoisotopic (exact) mass is 240 g/mol. The van der Waals surface area contributed by atoms with Crippen molar-refractivity contribution in [1.82, 2.24) is 4.98 Å². The van der Waals surface area contributed by atoms with Gasteiger partial charge in [-0.25, -0.2) is 0 Å². The highest BCUT2D eigenvalue weighted by Crippen LogP contribution is 2.24. The molecule has 0 bridgehead atoms. The molecule has 0 aliphatic carbocycles. The van der Waals surface area contributed by atoms with Gasteiger partial charge in [-0.3, -0.25) is 14.9 Å². The Balaban J connectivity index is 2.85. The second kappa shape index (κ2) is 5.64. The molecule has 0 radical (unpaired) electrons. The van der Waals surface area contributed by atoms with Crippen molar-refractivity contribution in [2.45, 2.75) is 6.42 Å². The van der Waals surface area contributed by atoms with Gasteiger partial charge in [-0.15, -0.1) is 0 Å². The van der Waals surface area contributed by atoms with E-state index in [-0.39, 0.29) is 30.4 Å². The van der Waals surface area contributed by atoms with Crippen molar-refractivity contribution in [2.75, 3.05) is 19.0 Å². The number of anilines is 1. The maximum Gasteiger partial charge on any atom is 0.311 e. The predicted molar refractivity (Wildman–Crippen MR) is 59.7 cm³/mol. The summed E-state index contributed by atoms with van der Waals surface area (Å²) in [6, 6.07) is 2.66. The van der Waals surface area contributed by atoms with Crippen LogP contribution in [0.5, 0.6) is 5.88 Å². The molecule has 1 rings (SSSR count). The molecule has 1 aromatic heterocycles. The fraction of sp³-hybridized carbons (Fsp3) is 0.333. The van der Waals surface area contributed by atoms with Gasteiger partial charge in [-0.2, -0.15) is 4.98 Å². The van der Waals surface area contributed by atoms with E-state index in [1.807, 2.05) is 0 Å². The SMILES string of the molecule is COc1ccc([N+](=O)[O-])c(NCCC(N)=O)n1. The molecule has 0 aliphatic rings. The van der Waals surface area contributed by atoms with E-state index >= 15 is 0 Å². The van der Waals surface area contributed by atoms with E-state index in [0.29, 0.717) is 0 Å². The summed E-state index contributed by atoms with van der Waals surface area (Å²) >= 11 is 0. The number of carbonyl (C=O) groups is 1. The third kappa shape index (κ3) is 3.59. The lowest BCUT2D eigenvalue weighted by Gasteiger charge is -2.06. The van der Waals surface area contributed by atoms with Crippen LogP contribution in [0.2, 0.25) is 0 Å². The second-order valence-corrected chi connectivity index (χ2v) is 3.12. The maximum atomic E-state index is 10.7. The zero-order valence-electron chi connectivity index (χ0n) is 9.17. The van der Waals surface area contributed by atoms with Gasteiger partial charge in [0.15, 0.2) is 0 Å². The van der Waals surface area contributed by atoms with Crippen molar-refractivity contribution in [1.29, 1.82) is 0 Å². The van der Waals surface area contributed by atoms with E-state index < -0.39 is 10.8 Å². The van der Waals surface area contributed by atoms with E-state index in [9.17, 15) is 14.9 Å². The molecule has 0 atom stereocenters. The number of pyridine rings is 1. The average Bonchev–Trinajstić information content (AvgIpc) is 2.28. The zero-order chi connectivity index (χ0) is 12.8. The van der Waals surface area contributed by atoms with Crippen LogP contribution in [0.15, 0.2) is 12.1 Å². The number of nitro groups is 1. The number of nitrogens with one attached hydrogen (secondary N) is 1. The van der Waals surface area contributed by atoms with Crippen molar-refractivity contribution in [3.05, 3.63) is 22.2 Å².